The summed E-state index contributed by atoms with van der Waals surface area (Å²) in [4.78, 5) is 5.62. The zero-order chi connectivity index (χ0) is 13.8. The fraction of sp³-hybridized carbons (Fsp3) is 0.308. The number of hydrogen-bond acceptors (Lipinski definition) is 4. The Morgan fingerprint density at radius 2 is 2.11 bits per heavy atom. The van der Waals surface area contributed by atoms with Gasteiger partial charge in [0.15, 0.2) is 0 Å². The molecule has 4 nitrogen and oxygen atoms in total. The number of alkyl halides is 2. The maximum atomic E-state index is 12.6. The van der Waals surface area contributed by atoms with E-state index in [0.717, 1.165) is 5.39 Å². The van der Waals surface area contributed by atoms with Crippen LogP contribution in [-0.4, -0.2) is 36.2 Å². The molecule has 6 heteroatoms. The first-order valence-electron chi connectivity index (χ1n) is 5.90. The quantitative estimate of drug-likeness (QED) is 0.812. The molecule has 1 heterocycles. The van der Waals surface area contributed by atoms with Gasteiger partial charge >= 0.3 is 0 Å². The van der Waals surface area contributed by atoms with E-state index in [-0.39, 0.29) is 13.2 Å². The number of aromatic nitrogens is 1. The largest absolute Gasteiger partial charge is 0.398 e. The van der Waals surface area contributed by atoms with Gasteiger partial charge in [-0.3, -0.25) is 4.98 Å². The smallest absolute Gasteiger partial charge is 0.255 e. The van der Waals surface area contributed by atoms with Crippen molar-refractivity contribution in [2.24, 2.45) is 0 Å². The molecule has 0 radical (unpaired) electrons. The van der Waals surface area contributed by atoms with Crippen LogP contribution in [0.4, 0.5) is 20.2 Å². The molecule has 0 atom stereocenters. The van der Waals surface area contributed by atoms with Gasteiger partial charge < -0.3 is 15.7 Å². The highest BCUT2D eigenvalue weighted by Crippen LogP contribution is 2.29. The molecule has 1 aromatic heterocycles. The second-order valence-corrected chi connectivity index (χ2v) is 4.13. The van der Waals surface area contributed by atoms with E-state index in [9.17, 15) is 8.78 Å². The van der Waals surface area contributed by atoms with Crippen molar-refractivity contribution in [3.8, 4) is 0 Å². The Bertz CT molecular complexity index is 563. The number of nitrogens with zero attached hydrogens (tertiary/aromatic N) is 2. The minimum atomic E-state index is -2.48. The molecule has 2 rings (SSSR count). The lowest BCUT2D eigenvalue weighted by Gasteiger charge is -2.24. The van der Waals surface area contributed by atoms with Crippen molar-refractivity contribution in [1.82, 2.24) is 4.98 Å². The Balaban J connectivity index is 2.50. The minimum absolute atomic E-state index is 0.125. The number of anilines is 2. The number of hydrogen-bond donors (Lipinski definition) is 2. The number of nitrogen functional groups attached to an aromatic ring is 1. The van der Waals surface area contributed by atoms with E-state index in [1.165, 1.54) is 4.90 Å². The zero-order valence-corrected chi connectivity index (χ0v) is 10.3. The molecule has 1 aromatic carbocycles. The average Bonchev–Trinajstić information content (AvgIpc) is 2.39. The Hall–Kier alpha value is -1.95. The number of aliphatic hydroxyl groups excluding tert-OH is 1. The van der Waals surface area contributed by atoms with Gasteiger partial charge in [-0.15, -0.1) is 0 Å². The normalized spacial score (nSPS) is 11.2. The number of fused-ring (bicyclic) bond motifs is 1. The van der Waals surface area contributed by atoms with Crippen LogP contribution < -0.4 is 10.6 Å². The predicted molar refractivity (Wildman–Crippen MR) is 71.5 cm³/mol. The summed E-state index contributed by atoms with van der Waals surface area (Å²) in [6, 6.07) is 6.85. The molecule has 0 aliphatic heterocycles. The van der Waals surface area contributed by atoms with Gasteiger partial charge in [0.05, 0.1) is 24.4 Å². The molecule has 19 heavy (non-hydrogen) atoms. The maximum absolute atomic E-state index is 12.6. The van der Waals surface area contributed by atoms with Crippen LogP contribution in [0, 0.1) is 0 Å². The first-order chi connectivity index (χ1) is 9.13. The van der Waals surface area contributed by atoms with E-state index in [4.69, 9.17) is 10.8 Å². The Morgan fingerprint density at radius 1 is 1.32 bits per heavy atom. The molecule has 0 aliphatic carbocycles. The zero-order valence-electron chi connectivity index (χ0n) is 10.3. The van der Waals surface area contributed by atoms with E-state index < -0.39 is 13.0 Å². The van der Waals surface area contributed by atoms with Crippen LogP contribution in [0.25, 0.3) is 10.9 Å². The van der Waals surface area contributed by atoms with Crippen LogP contribution >= 0.6 is 0 Å². The van der Waals surface area contributed by atoms with E-state index in [1.54, 1.807) is 30.5 Å². The van der Waals surface area contributed by atoms with Gasteiger partial charge in [-0.1, -0.05) is 0 Å². The van der Waals surface area contributed by atoms with E-state index >= 15 is 0 Å². The summed E-state index contributed by atoms with van der Waals surface area (Å²) in [7, 11) is 0. The molecule has 0 fully saturated rings. The topological polar surface area (TPSA) is 62.4 Å². The minimum Gasteiger partial charge on any atom is -0.398 e. The number of aliphatic hydroxyl groups is 1. The van der Waals surface area contributed by atoms with Crippen LogP contribution in [-0.2, 0) is 0 Å². The SMILES string of the molecule is Nc1ccc(N(CCO)CC(F)F)c2ncccc12. The first kappa shape index (κ1) is 13.5. The lowest BCUT2D eigenvalue weighted by Crippen LogP contribution is -2.31. The fourth-order valence-corrected chi connectivity index (χ4v) is 2.03. The maximum Gasteiger partial charge on any atom is 0.255 e. The summed E-state index contributed by atoms with van der Waals surface area (Å²) in [6.07, 6.45) is -0.895. The standard InChI is InChI=1S/C13H15F2N3O/c14-12(15)8-18(6-7-19)11-4-3-10(16)9-2-1-5-17-13(9)11/h1-5,12,19H,6-8,16H2. The second kappa shape index (κ2) is 5.79. The van der Waals surface area contributed by atoms with Crippen molar-refractivity contribution in [3.05, 3.63) is 30.5 Å². The van der Waals surface area contributed by atoms with Crippen molar-refractivity contribution in [2.75, 3.05) is 30.3 Å². The summed E-state index contributed by atoms with van der Waals surface area (Å²) >= 11 is 0. The number of benzene rings is 1. The average molecular weight is 267 g/mol. The number of pyridine rings is 1. The first-order valence-corrected chi connectivity index (χ1v) is 5.90. The monoisotopic (exact) mass is 267 g/mol. The number of halogens is 2. The van der Waals surface area contributed by atoms with Crippen LogP contribution in [0.3, 0.4) is 0 Å². The number of nitrogens with two attached hydrogens (primary N) is 1. The summed E-state index contributed by atoms with van der Waals surface area (Å²) in [5, 5.41) is 9.73. The fourth-order valence-electron chi connectivity index (χ4n) is 2.03. The molecule has 0 bridgehead atoms. The Morgan fingerprint density at radius 3 is 2.79 bits per heavy atom. The highest BCUT2D eigenvalue weighted by atomic mass is 19.3. The van der Waals surface area contributed by atoms with Crippen molar-refractivity contribution in [2.45, 2.75) is 6.43 Å². The predicted octanol–water partition coefficient (Wildman–Crippen LogP) is 1.88. The molecule has 0 spiro atoms. The molecular formula is C13H15F2N3O. The van der Waals surface area contributed by atoms with Gasteiger partial charge in [-0.05, 0) is 24.3 Å². The third-order valence-corrected chi connectivity index (χ3v) is 2.85. The summed E-state index contributed by atoms with van der Waals surface area (Å²) < 4.78 is 25.2. The van der Waals surface area contributed by atoms with Gasteiger partial charge in [-0.25, -0.2) is 8.78 Å². The summed E-state index contributed by atoms with van der Waals surface area (Å²) in [5.41, 5.74) is 7.51. The van der Waals surface area contributed by atoms with Gasteiger partial charge in [0, 0.05) is 23.8 Å². The van der Waals surface area contributed by atoms with Gasteiger partial charge in [0.1, 0.15) is 0 Å². The van der Waals surface area contributed by atoms with Crippen LogP contribution in [0.1, 0.15) is 0 Å². The molecule has 0 saturated heterocycles. The molecule has 0 aliphatic rings. The third-order valence-electron chi connectivity index (χ3n) is 2.85. The highest BCUT2D eigenvalue weighted by molar-refractivity contribution is 5.98. The van der Waals surface area contributed by atoms with Crippen molar-refractivity contribution in [1.29, 1.82) is 0 Å². The Kier molecular flexibility index (Phi) is 4.11. The molecular weight excluding hydrogens is 252 g/mol. The van der Waals surface area contributed by atoms with Crippen molar-refractivity contribution < 1.29 is 13.9 Å². The molecule has 0 saturated carbocycles. The number of rotatable bonds is 5. The Labute approximate surface area is 109 Å². The van der Waals surface area contributed by atoms with E-state index in [1.807, 2.05) is 0 Å². The van der Waals surface area contributed by atoms with E-state index in [2.05, 4.69) is 4.98 Å². The third kappa shape index (κ3) is 2.90. The van der Waals surface area contributed by atoms with Gasteiger partial charge in [0.25, 0.3) is 6.43 Å². The van der Waals surface area contributed by atoms with Crippen molar-refractivity contribution >= 4 is 22.3 Å². The van der Waals surface area contributed by atoms with Crippen molar-refractivity contribution in [3.63, 3.8) is 0 Å². The summed E-state index contributed by atoms with van der Waals surface area (Å²) in [6.45, 7) is -0.526. The van der Waals surface area contributed by atoms with Crippen LogP contribution in [0.15, 0.2) is 30.5 Å². The second-order valence-electron chi connectivity index (χ2n) is 4.13. The van der Waals surface area contributed by atoms with Gasteiger partial charge in [-0.2, -0.15) is 0 Å². The molecule has 102 valence electrons. The van der Waals surface area contributed by atoms with Crippen LogP contribution in [0.5, 0.6) is 0 Å². The molecule has 2 aromatic rings. The molecule has 0 unspecified atom stereocenters. The highest BCUT2D eigenvalue weighted by Gasteiger charge is 2.16. The van der Waals surface area contributed by atoms with E-state index in [0.29, 0.717) is 16.9 Å². The van der Waals surface area contributed by atoms with Gasteiger partial charge in [0.2, 0.25) is 0 Å². The summed E-state index contributed by atoms with van der Waals surface area (Å²) in [5.74, 6) is 0. The molecule has 3 N–H and O–H groups in total. The lowest BCUT2D eigenvalue weighted by atomic mass is 10.1. The van der Waals surface area contributed by atoms with Crippen LogP contribution in [0.2, 0.25) is 0 Å². The lowest BCUT2D eigenvalue weighted by molar-refractivity contribution is 0.153. The molecule has 0 amide bonds.